The van der Waals surface area contributed by atoms with Gasteiger partial charge in [-0.2, -0.15) is 0 Å². The summed E-state index contributed by atoms with van der Waals surface area (Å²) in [6.07, 6.45) is 3.07. The highest BCUT2D eigenvalue weighted by molar-refractivity contribution is 7.09. The lowest BCUT2D eigenvalue weighted by Crippen LogP contribution is -2.37. The van der Waals surface area contributed by atoms with Crippen LogP contribution in [0.3, 0.4) is 0 Å². The lowest BCUT2D eigenvalue weighted by Gasteiger charge is -2.29. The van der Waals surface area contributed by atoms with Crippen molar-refractivity contribution in [3.63, 3.8) is 0 Å². The number of hydrogen-bond donors (Lipinski definition) is 1. The van der Waals surface area contributed by atoms with Gasteiger partial charge < -0.3 is 10.1 Å². The number of thiazole rings is 1. The second kappa shape index (κ2) is 7.29. The van der Waals surface area contributed by atoms with Crippen LogP contribution in [0, 0.1) is 5.41 Å². The van der Waals surface area contributed by atoms with Gasteiger partial charge in [0.25, 0.3) is 6.43 Å². The Morgan fingerprint density at radius 1 is 1.45 bits per heavy atom. The first-order valence-corrected chi connectivity index (χ1v) is 8.77. The van der Waals surface area contributed by atoms with Crippen molar-refractivity contribution < 1.29 is 13.5 Å². The van der Waals surface area contributed by atoms with E-state index in [0.717, 1.165) is 24.6 Å². The zero-order valence-corrected chi connectivity index (χ0v) is 13.5. The minimum atomic E-state index is -2.39. The Morgan fingerprint density at radius 2 is 2.27 bits per heavy atom. The van der Waals surface area contributed by atoms with Crippen LogP contribution >= 0.6 is 11.3 Å². The van der Waals surface area contributed by atoms with E-state index in [9.17, 15) is 8.78 Å². The van der Waals surface area contributed by atoms with Crippen molar-refractivity contribution in [2.45, 2.75) is 38.3 Å². The highest BCUT2D eigenvalue weighted by Gasteiger charge is 2.56. The van der Waals surface area contributed by atoms with Crippen LogP contribution in [0.15, 0.2) is 11.6 Å². The van der Waals surface area contributed by atoms with E-state index < -0.39 is 13.0 Å². The maximum absolute atomic E-state index is 12.2. The molecule has 4 nitrogen and oxygen atoms in total. The molecule has 0 bridgehead atoms. The highest BCUT2D eigenvalue weighted by atomic mass is 32.1. The molecule has 1 aromatic heterocycles. The summed E-state index contributed by atoms with van der Waals surface area (Å²) in [6, 6.07) is 0.550. The third-order valence-electron chi connectivity index (χ3n) is 4.78. The summed E-state index contributed by atoms with van der Waals surface area (Å²) in [6.45, 7) is 3.57. The standard InChI is InChI=1S/C15H23F2N3OS/c16-13(17)11-21-7-6-20(10-14-19-5-8-22-14)12-9-15(12)1-3-18-4-2-15/h5,8,12-13,18H,1-4,6-7,9-11H2. The largest absolute Gasteiger partial charge is 0.374 e. The molecule has 1 unspecified atom stereocenters. The summed E-state index contributed by atoms with van der Waals surface area (Å²) in [7, 11) is 0. The second-order valence-electron chi connectivity index (χ2n) is 6.19. The van der Waals surface area contributed by atoms with Gasteiger partial charge >= 0.3 is 0 Å². The monoisotopic (exact) mass is 331 g/mol. The van der Waals surface area contributed by atoms with Crippen LogP contribution in [-0.4, -0.2) is 55.2 Å². The van der Waals surface area contributed by atoms with Crippen molar-refractivity contribution in [1.29, 1.82) is 0 Å². The number of piperidine rings is 1. The Bertz CT molecular complexity index is 452. The Hall–Kier alpha value is -0.630. The Labute approximate surface area is 133 Å². The minimum Gasteiger partial charge on any atom is -0.374 e. The lowest BCUT2D eigenvalue weighted by atomic mass is 9.93. The number of rotatable bonds is 8. The second-order valence-corrected chi connectivity index (χ2v) is 7.17. The van der Waals surface area contributed by atoms with E-state index in [1.54, 1.807) is 11.3 Å². The third-order valence-corrected chi connectivity index (χ3v) is 5.54. The predicted molar refractivity (Wildman–Crippen MR) is 82.3 cm³/mol. The maximum atomic E-state index is 12.2. The molecule has 124 valence electrons. The Kier molecular flexibility index (Phi) is 5.38. The lowest BCUT2D eigenvalue weighted by molar-refractivity contribution is 0.00672. The highest BCUT2D eigenvalue weighted by Crippen LogP contribution is 2.55. The van der Waals surface area contributed by atoms with E-state index in [4.69, 9.17) is 4.74 Å². The van der Waals surface area contributed by atoms with Crippen molar-refractivity contribution in [2.24, 2.45) is 5.41 Å². The molecule has 1 atom stereocenters. The van der Waals surface area contributed by atoms with Crippen molar-refractivity contribution >= 4 is 11.3 Å². The first kappa shape index (κ1) is 16.2. The molecule has 1 saturated carbocycles. The molecule has 2 aliphatic rings. The number of halogens is 2. The van der Waals surface area contributed by atoms with Crippen molar-refractivity contribution in [1.82, 2.24) is 15.2 Å². The number of nitrogens with zero attached hydrogens (tertiary/aromatic N) is 2. The topological polar surface area (TPSA) is 37.4 Å². The SMILES string of the molecule is FC(F)COCCN(Cc1nccs1)C1CC12CCNCC2. The molecule has 3 rings (SSSR count). The molecule has 1 saturated heterocycles. The Morgan fingerprint density at radius 3 is 2.95 bits per heavy atom. The van der Waals surface area contributed by atoms with E-state index in [2.05, 4.69) is 15.2 Å². The molecule has 1 aromatic rings. The summed E-state index contributed by atoms with van der Waals surface area (Å²) < 4.78 is 29.4. The van der Waals surface area contributed by atoms with Crippen LogP contribution in [0.25, 0.3) is 0 Å². The van der Waals surface area contributed by atoms with Gasteiger partial charge in [0.05, 0.1) is 13.2 Å². The molecule has 7 heteroatoms. The van der Waals surface area contributed by atoms with Crippen LogP contribution in [0.1, 0.15) is 24.3 Å². The smallest absolute Gasteiger partial charge is 0.261 e. The van der Waals surface area contributed by atoms with Crippen LogP contribution in [0.5, 0.6) is 0 Å². The van der Waals surface area contributed by atoms with Gasteiger partial charge in [-0.15, -0.1) is 11.3 Å². The van der Waals surface area contributed by atoms with E-state index in [1.165, 1.54) is 19.3 Å². The fourth-order valence-corrected chi connectivity index (χ4v) is 4.15. The molecule has 2 fully saturated rings. The minimum absolute atomic E-state index is 0.362. The van der Waals surface area contributed by atoms with Crippen molar-refractivity contribution in [3.05, 3.63) is 16.6 Å². The zero-order chi connectivity index (χ0) is 15.4. The fourth-order valence-electron chi connectivity index (χ4n) is 3.51. The summed E-state index contributed by atoms with van der Waals surface area (Å²) in [4.78, 5) is 6.74. The van der Waals surface area contributed by atoms with Crippen LogP contribution < -0.4 is 5.32 Å². The first-order valence-electron chi connectivity index (χ1n) is 7.89. The van der Waals surface area contributed by atoms with Crippen molar-refractivity contribution in [3.8, 4) is 0 Å². The van der Waals surface area contributed by atoms with Gasteiger partial charge in [0.15, 0.2) is 0 Å². The molecule has 0 radical (unpaired) electrons. The summed E-state index contributed by atoms with van der Waals surface area (Å²) in [5, 5.41) is 6.48. The van der Waals surface area contributed by atoms with Gasteiger partial charge in [-0.3, -0.25) is 4.90 Å². The molecular formula is C15H23F2N3OS. The van der Waals surface area contributed by atoms with E-state index in [0.29, 0.717) is 24.6 Å². The predicted octanol–water partition coefficient (Wildman–Crippen LogP) is 2.37. The van der Waals surface area contributed by atoms with Crippen LogP contribution in [0.4, 0.5) is 8.78 Å². The molecule has 1 spiro atoms. The number of hydrogen-bond acceptors (Lipinski definition) is 5. The molecule has 1 aliphatic carbocycles. The van der Waals surface area contributed by atoms with Crippen molar-refractivity contribution in [2.75, 3.05) is 32.8 Å². The molecule has 22 heavy (non-hydrogen) atoms. The van der Waals surface area contributed by atoms with Gasteiger partial charge in [-0.25, -0.2) is 13.8 Å². The quantitative estimate of drug-likeness (QED) is 0.742. The molecule has 0 amide bonds. The van der Waals surface area contributed by atoms with Gasteiger partial charge in [-0.1, -0.05) is 0 Å². The average molecular weight is 331 g/mol. The van der Waals surface area contributed by atoms with E-state index >= 15 is 0 Å². The number of aromatic nitrogens is 1. The Balaban J connectivity index is 1.54. The third kappa shape index (κ3) is 4.01. The zero-order valence-electron chi connectivity index (χ0n) is 12.6. The van der Waals surface area contributed by atoms with E-state index in [1.807, 2.05) is 11.6 Å². The summed E-state index contributed by atoms with van der Waals surface area (Å²) in [5.41, 5.74) is 0.436. The molecule has 0 aromatic carbocycles. The van der Waals surface area contributed by atoms with Gasteiger partial charge in [0.2, 0.25) is 0 Å². The maximum Gasteiger partial charge on any atom is 0.261 e. The van der Waals surface area contributed by atoms with Gasteiger partial charge in [-0.05, 0) is 37.8 Å². The fraction of sp³-hybridized carbons (Fsp3) is 0.800. The molecular weight excluding hydrogens is 308 g/mol. The number of nitrogens with one attached hydrogen (secondary N) is 1. The van der Waals surface area contributed by atoms with E-state index in [-0.39, 0.29) is 0 Å². The normalized spacial score (nSPS) is 23.5. The first-order chi connectivity index (χ1) is 10.7. The van der Waals surface area contributed by atoms with Gasteiger partial charge in [0, 0.05) is 24.2 Å². The van der Waals surface area contributed by atoms with Crippen LogP contribution in [-0.2, 0) is 11.3 Å². The summed E-state index contributed by atoms with van der Waals surface area (Å²) >= 11 is 1.65. The average Bonchev–Trinajstić information content (AvgIpc) is 2.96. The number of alkyl halides is 2. The summed E-state index contributed by atoms with van der Waals surface area (Å²) in [5.74, 6) is 0. The molecule has 2 heterocycles. The van der Waals surface area contributed by atoms with Gasteiger partial charge in [0.1, 0.15) is 11.6 Å². The molecule has 1 aliphatic heterocycles. The molecule has 1 N–H and O–H groups in total. The number of ether oxygens (including phenoxy) is 1. The van der Waals surface area contributed by atoms with Crippen LogP contribution in [0.2, 0.25) is 0 Å².